The van der Waals surface area contributed by atoms with Crippen LogP contribution in [0, 0.1) is 0 Å². The van der Waals surface area contributed by atoms with E-state index >= 15 is 0 Å². The van der Waals surface area contributed by atoms with Gasteiger partial charge in [0.25, 0.3) is 0 Å². The molecule has 0 radical (unpaired) electrons. The lowest BCUT2D eigenvalue weighted by atomic mass is 9.85. The number of unbranched alkanes of at least 4 members (excludes halogenated alkanes) is 6. The van der Waals surface area contributed by atoms with Crippen LogP contribution in [0.4, 0.5) is 0 Å². The second-order valence-electron chi connectivity index (χ2n) is 8.12. The van der Waals surface area contributed by atoms with Crippen molar-refractivity contribution in [3.8, 4) is 0 Å². The molecule has 0 unspecified atom stereocenters. The molecule has 0 spiro atoms. The van der Waals surface area contributed by atoms with Crippen molar-refractivity contribution in [1.29, 1.82) is 0 Å². The van der Waals surface area contributed by atoms with Crippen LogP contribution in [0.2, 0.25) is 0 Å². The maximum atomic E-state index is 10.9. The van der Waals surface area contributed by atoms with Gasteiger partial charge < -0.3 is 5.11 Å². The zero-order valence-corrected chi connectivity index (χ0v) is 17.4. The summed E-state index contributed by atoms with van der Waals surface area (Å²) in [6, 6.07) is 0. The third kappa shape index (κ3) is 11.1. The Morgan fingerprint density at radius 1 is 0.889 bits per heavy atom. The first kappa shape index (κ1) is 23.6. The highest BCUT2D eigenvalue weighted by Gasteiger charge is 2.47. The third-order valence-electron chi connectivity index (χ3n) is 4.88. The lowest BCUT2D eigenvalue weighted by Crippen LogP contribution is -2.30. The molecule has 1 N–H and O–H groups in total. The summed E-state index contributed by atoms with van der Waals surface area (Å²) in [5, 5.41) is 8.97. The van der Waals surface area contributed by atoms with Crippen molar-refractivity contribution < 1.29 is 19.7 Å². The van der Waals surface area contributed by atoms with Crippen molar-refractivity contribution in [3.63, 3.8) is 0 Å². The number of aliphatic carboxylic acids is 1. The number of allylic oxidation sites excluding steroid dienone is 6. The predicted octanol–water partition coefficient (Wildman–Crippen LogP) is 6.53. The number of carbonyl (C=O) groups is 1. The van der Waals surface area contributed by atoms with Crippen LogP contribution < -0.4 is 0 Å². The molecule has 1 rings (SSSR count). The van der Waals surface area contributed by atoms with Gasteiger partial charge in [0, 0.05) is 6.42 Å². The molecule has 0 aromatic rings. The zero-order valence-electron chi connectivity index (χ0n) is 17.4. The summed E-state index contributed by atoms with van der Waals surface area (Å²) in [7, 11) is 0. The molecule has 27 heavy (non-hydrogen) atoms. The number of hydrogen-bond donors (Lipinski definition) is 1. The SMILES string of the molecule is CC/C=C/C=C/C=C/CCCCCCCC[C@]1(C)C[C@](C)(CC(=O)O)OO1. The summed E-state index contributed by atoms with van der Waals surface area (Å²) < 4.78 is 0. The average molecular weight is 379 g/mol. The first-order valence-corrected chi connectivity index (χ1v) is 10.5. The van der Waals surface area contributed by atoms with Gasteiger partial charge in [0.15, 0.2) is 0 Å². The summed E-state index contributed by atoms with van der Waals surface area (Å²) in [6.07, 6.45) is 23.9. The quantitative estimate of drug-likeness (QED) is 0.212. The highest BCUT2D eigenvalue weighted by atomic mass is 17.2. The molecule has 1 heterocycles. The van der Waals surface area contributed by atoms with Crippen molar-refractivity contribution in [1.82, 2.24) is 0 Å². The molecule has 2 atom stereocenters. The molecule has 1 saturated heterocycles. The lowest BCUT2D eigenvalue weighted by Gasteiger charge is -2.21. The van der Waals surface area contributed by atoms with Crippen LogP contribution in [0.5, 0.6) is 0 Å². The lowest BCUT2D eigenvalue weighted by molar-refractivity contribution is -0.345. The molecule has 4 nitrogen and oxygen atoms in total. The van der Waals surface area contributed by atoms with Gasteiger partial charge in [0.2, 0.25) is 0 Å². The van der Waals surface area contributed by atoms with E-state index in [0.29, 0.717) is 6.42 Å². The third-order valence-corrected chi connectivity index (χ3v) is 4.88. The first-order chi connectivity index (χ1) is 12.9. The van der Waals surface area contributed by atoms with Gasteiger partial charge in [0.1, 0.15) is 11.2 Å². The van der Waals surface area contributed by atoms with Crippen molar-refractivity contribution in [2.45, 2.75) is 103 Å². The number of carboxylic acids is 1. The second kappa shape index (κ2) is 12.9. The summed E-state index contributed by atoms with van der Waals surface area (Å²) in [6.45, 7) is 5.98. The molecule has 0 aliphatic carbocycles. The molecule has 0 saturated carbocycles. The largest absolute Gasteiger partial charge is 0.481 e. The van der Waals surface area contributed by atoms with Crippen LogP contribution in [0.3, 0.4) is 0 Å². The van der Waals surface area contributed by atoms with Crippen molar-refractivity contribution in [2.75, 3.05) is 0 Å². The van der Waals surface area contributed by atoms with Crippen LogP contribution in [0.25, 0.3) is 0 Å². The fourth-order valence-corrected chi connectivity index (χ4v) is 3.58. The van der Waals surface area contributed by atoms with Gasteiger partial charge in [-0.05, 0) is 39.5 Å². The average Bonchev–Trinajstić information content (AvgIpc) is 2.89. The molecule has 1 fully saturated rings. The molecule has 0 amide bonds. The van der Waals surface area contributed by atoms with E-state index in [0.717, 1.165) is 25.7 Å². The molecule has 154 valence electrons. The van der Waals surface area contributed by atoms with Gasteiger partial charge in [0.05, 0.1) is 6.42 Å². The molecule has 0 aromatic heterocycles. The summed E-state index contributed by atoms with van der Waals surface area (Å²) in [5.41, 5.74) is -1.05. The van der Waals surface area contributed by atoms with Gasteiger partial charge in [-0.15, -0.1) is 0 Å². The van der Waals surface area contributed by atoms with E-state index in [1.54, 1.807) is 0 Å². The van der Waals surface area contributed by atoms with E-state index in [4.69, 9.17) is 14.9 Å². The van der Waals surface area contributed by atoms with Crippen molar-refractivity contribution in [2.24, 2.45) is 0 Å². The van der Waals surface area contributed by atoms with E-state index in [2.05, 4.69) is 43.4 Å². The van der Waals surface area contributed by atoms with E-state index in [9.17, 15) is 4.79 Å². The smallest absolute Gasteiger partial charge is 0.306 e. The first-order valence-electron chi connectivity index (χ1n) is 10.5. The van der Waals surface area contributed by atoms with Crippen LogP contribution >= 0.6 is 0 Å². The van der Waals surface area contributed by atoms with Gasteiger partial charge in [-0.2, -0.15) is 0 Å². The Balaban J connectivity index is 2.01. The Hall–Kier alpha value is -1.39. The fourth-order valence-electron chi connectivity index (χ4n) is 3.58. The fraction of sp³-hybridized carbons (Fsp3) is 0.696. The minimum Gasteiger partial charge on any atom is -0.481 e. The molecular formula is C23H38O4. The maximum absolute atomic E-state index is 10.9. The van der Waals surface area contributed by atoms with Gasteiger partial charge >= 0.3 is 5.97 Å². The van der Waals surface area contributed by atoms with Crippen molar-refractivity contribution >= 4 is 5.97 Å². The van der Waals surface area contributed by atoms with E-state index in [1.165, 1.54) is 32.1 Å². The monoisotopic (exact) mass is 378 g/mol. The predicted molar refractivity (Wildman–Crippen MR) is 110 cm³/mol. The molecule has 1 aliphatic heterocycles. The van der Waals surface area contributed by atoms with Crippen LogP contribution in [0.1, 0.15) is 91.4 Å². The summed E-state index contributed by atoms with van der Waals surface area (Å²) in [4.78, 5) is 21.8. The Morgan fingerprint density at radius 2 is 1.48 bits per heavy atom. The topological polar surface area (TPSA) is 55.8 Å². The molecular weight excluding hydrogens is 340 g/mol. The second-order valence-corrected chi connectivity index (χ2v) is 8.12. The zero-order chi connectivity index (χ0) is 20.0. The van der Waals surface area contributed by atoms with Gasteiger partial charge in [-0.25, -0.2) is 9.78 Å². The Bertz CT molecular complexity index is 509. The van der Waals surface area contributed by atoms with Crippen LogP contribution in [-0.2, 0) is 14.6 Å². The number of carboxylic acid groups (broad SMARTS) is 1. The van der Waals surface area contributed by atoms with Gasteiger partial charge in [-0.1, -0.05) is 75.5 Å². The Morgan fingerprint density at radius 3 is 2.15 bits per heavy atom. The van der Waals surface area contributed by atoms with Crippen LogP contribution in [0.15, 0.2) is 36.5 Å². The molecule has 4 heteroatoms. The van der Waals surface area contributed by atoms with Gasteiger partial charge in [-0.3, -0.25) is 4.79 Å². The van der Waals surface area contributed by atoms with E-state index in [1.807, 2.05) is 13.8 Å². The number of rotatable bonds is 14. The van der Waals surface area contributed by atoms with E-state index in [-0.39, 0.29) is 12.0 Å². The van der Waals surface area contributed by atoms with Crippen molar-refractivity contribution in [3.05, 3.63) is 36.5 Å². The number of hydrogen-bond acceptors (Lipinski definition) is 3. The molecule has 0 aromatic carbocycles. The molecule has 0 bridgehead atoms. The van der Waals surface area contributed by atoms with E-state index < -0.39 is 11.6 Å². The molecule has 1 aliphatic rings. The summed E-state index contributed by atoms with van der Waals surface area (Å²) >= 11 is 0. The normalized spacial score (nSPS) is 26.0. The Kier molecular flexibility index (Phi) is 11.3. The standard InChI is InChI=1S/C23H38O4/c1-4-5-6-7-8-9-10-11-12-13-14-15-16-17-18-22(2)20-23(3,27-26-22)19-21(24)25/h5-10H,4,11-20H2,1-3H3,(H,24,25)/b6-5+,8-7+,10-9+/t22-,23+/m1/s1. The summed E-state index contributed by atoms with van der Waals surface area (Å²) in [5.74, 6) is -0.843. The highest BCUT2D eigenvalue weighted by Crippen LogP contribution is 2.40. The Labute approximate surface area is 165 Å². The highest BCUT2D eigenvalue weighted by molar-refractivity contribution is 5.68. The van der Waals surface area contributed by atoms with Crippen LogP contribution in [-0.4, -0.2) is 22.3 Å². The maximum Gasteiger partial charge on any atom is 0.306 e. The minimum atomic E-state index is -0.843. The minimum absolute atomic E-state index is 0.0116.